The highest BCUT2D eigenvalue weighted by molar-refractivity contribution is 6.86. The van der Waals surface area contributed by atoms with E-state index in [1.54, 1.807) is 0 Å². The quantitative estimate of drug-likeness (QED) is 0.560. The largest absolute Gasteiger partial charge is 0.465 e. The normalized spacial score (nSPS) is 24.1. The van der Waals surface area contributed by atoms with Crippen LogP contribution in [0.1, 0.15) is 20.8 Å². The highest BCUT2D eigenvalue weighted by Gasteiger charge is 2.49. The first kappa shape index (κ1) is 12.9. The Morgan fingerprint density at radius 2 is 2.13 bits per heavy atom. The zero-order valence-electron chi connectivity index (χ0n) is 10.4. The Balaban J connectivity index is 2.62. The minimum atomic E-state index is -1.44. The van der Waals surface area contributed by atoms with Crippen molar-refractivity contribution in [1.82, 2.24) is 4.23 Å². The molecule has 1 aliphatic heterocycles. The molecular formula is C10H21NO2Si2. The van der Waals surface area contributed by atoms with Crippen LogP contribution in [-0.2, 0) is 9.53 Å². The van der Waals surface area contributed by atoms with Gasteiger partial charge in [0, 0.05) is 0 Å². The maximum atomic E-state index is 11.5. The van der Waals surface area contributed by atoms with Gasteiger partial charge in [-0.25, -0.2) is 0 Å². The van der Waals surface area contributed by atoms with Gasteiger partial charge in [-0.3, -0.25) is 4.79 Å². The van der Waals surface area contributed by atoms with Crippen LogP contribution in [0.15, 0.2) is 0 Å². The second-order valence-corrected chi connectivity index (χ2v) is 11.8. The van der Waals surface area contributed by atoms with Crippen molar-refractivity contribution in [3.63, 3.8) is 0 Å². The van der Waals surface area contributed by atoms with Crippen molar-refractivity contribution in [2.45, 2.75) is 44.9 Å². The van der Waals surface area contributed by atoms with Crippen LogP contribution in [0.2, 0.25) is 24.2 Å². The van der Waals surface area contributed by atoms with Crippen LogP contribution in [0, 0.1) is 0 Å². The molecule has 1 aliphatic rings. The zero-order valence-corrected chi connectivity index (χ0v) is 12.4. The van der Waals surface area contributed by atoms with Crippen molar-refractivity contribution in [2.75, 3.05) is 13.2 Å². The fraction of sp³-hybridized carbons (Fsp3) is 0.900. The molecule has 0 aromatic carbocycles. The van der Waals surface area contributed by atoms with E-state index in [4.69, 9.17) is 4.74 Å². The lowest BCUT2D eigenvalue weighted by Crippen LogP contribution is -2.51. The Kier molecular flexibility index (Phi) is 3.78. The van der Waals surface area contributed by atoms with Crippen molar-refractivity contribution >= 4 is 23.9 Å². The number of ether oxygens (including phenoxy) is 1. The van der Waals surface area contributed by atoms with Gasteiger partial charge in [0.25, 0.3) is 0 Å². The lowest BCUT2D eigenvalue weighted by atomic mass is 10.2. The fourth-order valence-electron chi connectivity index (χ4n) is 1.66. The summed E-state index contributed by atoms with van der Waals surface area (Å²) in [6.45, 7) is 12.2. The molecular weight excluding hydrogens is 222 g/mol. The van der Waals surface area contributed by atoms with Crippen molar-refractivity contribution in [2.24, 2.45) is 0 Å². The lowest BCUT2D eigenvalue weighted by Gasteiger charge is -2.38. The highest BCUT2D eigenvalue weighted by atomic mass is 28.4. The monoisotopic (exact) mass is 243 g/mol. The van der Waals surface area contributed by atoms with Gasteiger partial charge in [0.2, 0.25) is 0 Å². The van der Waals surface area contributed by atoms with E-state index in [2.05, 4.69) is 31.2 Å². The van der Waals surface area contributed by atoms with Crippen LogP contribution in [0.3, 0.4) is 0 Å². The van der Waals surface area contributed by atoms with Gasteiger partial charge in [0.15, 0.2) is 0 Å². The van der Waals surface area contributed by atoms with Crippen LogP contribution in [0.4, 0.5) is 0 Å². The van der Waals surface area contributed by atoms with Gasteiger partial charge in [-0.15, -0.1) is 0 Å². The predicted octanol–water partition coefficient (Wildman–Crippen LogP) is 1.89. The molecule has 2 radical (unpaired) electrons. The van der Waals surface area contributed by atoms with E-state index < -0.39 is 8.24 Å². The number of rotatable bonds is 3. The molecule has 0 aromatic heterocycles. The van der Waals surface area contributed by atoms with Gasteiger partial charge in [0.05, 0.1) is 13.2 Å². The second-order valence-electron chi connectivity index (χ2n) is 5.17. The number of hydrogen-bond acceptors (Lipinski definition) is 3. The van der Waals surface area contributed by atoms with E-state index in [1.165, 1.54) is 6.04 Å². The van der Waals surface area contributed by atoms with Gasteiger partial charge < -0.3 is 8.97 Å². The molecule has 15 heavy (non-hydrogen) atoms. The van der Waals surface area contributed by atoms with E-state index in [0.29, 0.717) is 18.2 Å². The van der Waals surface area contributed by atoms with Gasteiger partial charge in [-0.2, -0.15) is 0 Å². The maximum Gasteiger partial charge on any atom is 0.318 e. The average molecular weight is 243 g/mol. The molecule has 0 N–H and O–H groups in total. The van der Waals surface area contributed by atoms with Crippen LogP contribution >= 0.6 is 0 Å². The van der Waals surface area contributed by atoms with Gasteiger partial charge in [-0.05, 0) is 18.0 Å². The smallest absolute Gasteiger partial charge is 0.318 e. The summed E-state index contributed by atoms with van der Waals surface area (Å²) in [5.74, 6) is -0.0664. The van der Waals surface area contributed by atoms with Crippen LogP contribution in [0.5, 0.6) is 0 Å². The summed E-state index contributed by atoms with van der Waals surface area (Å²) < 4.78 is 7.41. The Labute approximate surface area is 96.2 Å². The molecule has 1 fully saturated rings. The molecule has 0 aliphatic carbocycles. The third-order valence-corrected chi connectivity index (χ3v) is 12.7. The Hall–Kier alpha value is -0.136. The molecule has 3 nitrogen and oxygen atoms in total. The maximum absolute atomic E-state index is 11.5. The molecule has 0 atom stereocenters. The Morgan fingerprint density at radius 1 is 1.53 bits per heavy atom. The van der Waals surface area contributed by atoms with Gasteiger partial charge >= 0.3 is 5.97 Å². The molecule has 0 spiro atoms. The minimum absolute atomic E-state index is 0.0664. The second kappa shape index (κ2) is 4.39. The fourth-order valence-corrected chi connectivity index (χ4v) is 8.44. The summed E-state index contributed by atoms with van der Waals surface area (Å²) in [5.41, 5.74) is 0. The molecule has 1 saturated heterocycles. The van der Waals surface area contributed by atoms with E-state index in [0.717, 1.165) is 9.68 Å². The predicted molar refractivity (Wildman–Crippen MR) is 65.4 cm³/mol. The summed E-state index contributed by atoms with van der Waals surface area (Å²) in [5, 5.41) is 0.415. The molecule has 0 bridgehead atoms. The molecule has 5 heteroatoms. The van der Waals surface area contributed by atoms with Crippen molar-refractivity contribution in [1.29, 1.82) is 0 Å². The molecule has 0 saturated carbocycles. The molecule has 1 heterocycles. The standard InChI is InChI=1S/C10H21NO2Si2/c1-6-13-9(12)7-11-14-8-10(2,3)15(11,4)5/h6-8H2,1-5H3. The SMILES string of the molecule is CCOC(=O)CN1[Si]CC(C)(C)[Si]1(C)C. The van der Waals surface area contributed by atoms with E-state index in [-0.39, 0.29) is 5.97 Å². The first-order chi connectivity index (χ1) is 6.81. The van der Waals surface area contributed by atoms with E-state index >= 15 is 0 Å². The lowest BCUT2D eigenvalue weighted by molar-refractivity contribution is -0.142. The Bertz CT molecular complexity index is 254. The third-order valence-electron chi connectivity index (χ3n) is 3.64. The van der Waals surface area contributed by atoms with Crippen LogP contribution in [0.25, 0.3) is 0 Å². The number of esters is 1. The zero-order chi connectivity index (χ0) is 11.7. The first-order valence-electron chi connectivity index (χ1n) is 5.48. The van der Waals surface area contributed by atoms with E-state index in [1.807, 2.05) is 6.92 Å². The first-order valence-corrected chi connectivity index (χ1v) is 9.58. The summed E-state index contributed by atoms with van der Waals surface area (Å²) >= 11 is 0. The number of nitrogens with zero attached hydrogens (tertiary/aromatic N) is 1. The number of carbonyl (C=O) groups excluding carboxylic acids is 1. The summed E-state index contributed by atoms with van der Waals surface area (Å²) in [6.07, 6.45) is 0. The van der Waals surface area contributed by atoms with Crippen molar-refractivity contribution < 1.29 is 9.53 Å². The van der Waals surface area contributed by atoms with Crippen LogP contribution < -0.4 is 0 Å². The molecule has 0 unspecified atom stereocenters. The van der Waals surface area contributed by atoms with E-state index in [9.17, 15) is 4.79 Å². The highest BCUT2D eigenvalue weighted by Crippen LogP contribution is 2.47. The number of carbonyl (C=O) groups is 1. The van der Waals surface area contributed by atoms with Crippen molar-refractivity contribution in [3.8, 4) is 0 Å². The molecule has 1 rings (SSSR count). The third kappa shape index (κ3) is 2.51. The topological polar surface area (TPSA) is 29.5 Å². The minimum Gasteiger partial charge on any atom is -0.465 e. The van der Waals surface area contributed by atoms with Crippen LogP contribution in [-0.4, -0.2) is 41.3 Å². The summed E-state index contributed by atoms with van der Waals surface area (Å²) in [4.78, 5) is 11.5. The van der Waals surface area contributed by atoms with Gasteiger partial charge in [0.1, 0.15) is 17.9 Å². The van der Waals surface area contributed by atoms with Gasteiger partial charge in [-0.1, -0.05) is 26.9 Å². The molecule has 86 valence electrons. The Morgan fingerprint density at radius 3 is 2.53 bits per heavy atom. The average Bonchev–Trinajstić information content (AvgIpc) is 2.29. The molecule has 0 amide bonds. The summed E-state index contributed by atoms with van der Waals surface area (Å²) in [7, 11) is -0.650. The number of hydrogen-bond donors (Lipinski definition) is 0. The molecule has 0 aromatic rings. The summed E-state index contributed by atoms with van der Waals surface area (Å²) in [6, 6.07) is 1.23. The van der Waals surface area contributed by atoms with Crippen molar-refractivity contribution in [3.05, 3.63) is 0 Å².